The molecule has 0 saturated heterocycles. The minimum absolute atomic E-state index is 0.419. The van der Waals surface area contributed by atoms with Gasteiger partial charge < -0.3 is 0 Å². The predicted molar refractivity (Wildman–Crippen MR) is 20.6 cm³/mol. The molecule has 0 aliphatic rings. The largest absolute Gasteiger partial charge is 0.266 e. The summed E-state index contributed by atoms with van der Waals surface area (Å²) < 4.78 is 21.8. The first-order valence-electron chi connectivity index (χ1n) is 1.78. The first kappa shape index (κ1) is 5.60. The fourth-order valence-corrected chi connectivity index (χ4v) is 0.154. The van der Waals surface area contributed by atoms with Crippen LogP contribution in [0.15, 0.2) is 12.2 Å². The van der Waals surface area contributed by atoms with Crippen molar-refractivity contribution in [3.63, 3.8) is 0 Å². The summed E-state index contributed by atoms with van der Waals surface area (Å²) in [5.41, 5.74) is 0. The molecule has 0 aromatic rings. The number of halogens is 2. The monoisotopic (exact) mass is 92.0 g/mol. The molecule has 0 aliphatic heterocycles. The van der Waals surface area contributed by atoms with Crippen LogP contribution in [0.3, 0.4) is 0 Å². The van der Waals surface area contributed by atoms with E-state index in [1.54, 1.807) is 6.92 Å². The Morgan fingerprint density at radius 2 is 2.17 bits per heavy atom. The molecular formula is C4H6F2. The average Bonchev–Trinajstić information content (AvgIpc) is 1.35. The van der Waals surface area contributed by atoms with Crippen molar-refractivity contribution in [2.75, 3.05) is 0 Å². The van der Waals surface area contributed by atoms with Crippen LogP contribution in [0, 0.1) is 0 Å². The summed E-state index contributed by atoms with van der Waals surface area (Å²) in [4.78, 5) is 0. The van der Waals surface area contributed by atoms with Gasteiger partial charge in [-0.1, -0.05) is 6.92 Å². The van der Waals surface area contributed by atoms with E-state index in [1.165, 1.54) is 0 Å². The Labute approximate surface area is 35.5 Å². The summed E-state index contributed by atoms with van der Waals surface area (Å²) in [5.74, 6) is 0. The second-order valence-corrected chi connectivity index (χ2v) is 0.902. The Hall–Kier alpha value is -0.400. The van der Waals surface area contributed by atoms with Crippen LogP contribution in [0.4, 0.5) is 8.78 Å². The maximum Gasteiger partial charge on any atom is 0.266 e. The molecule has 0 amide bonds. The Balaban J connectivity index is 3.14. The second-order valence-electron chi connectivity index (χ2n) is 0.902. The highest BCUT2D eigenvalue weighted by Crippen LogP contribution is 1.96. The Morgan fingerprint density at radius 3 is 2.17 bits per heavy atom. The van der Waals surface area contributed by atoms with Gasteiger partial charge in [0.1, 0.15) is 0 Å². The van der Waals surface area contributed by atoms with Gasteiger partial charge in [0.15, 0.2) is 0 Å². The summed E-state index contributed by atoms with van der Waals surface area (Å²) in [6.07, 6.45) is -0.292. The molecule has 0 nitrogen and oxygen atoms in total. The Bertz CT molecular complexity index is 52.6. The fourth-order valence-electron chi connectivity index (χ4n) is 0.154. The fraction of sp³-hybridized carbons (Fsp3) is 0.500. The molecule has 0 unspecified atom stereocenters. The normalized spacial score (nSPS) is 7.83. The van der Waals surface area contributed by atoms with E-state index < -0.39 is 6.08 Å². The lowest BCUT2D eigenvalue weighted by molar-refractivity contribution is 0.418. The standard InChI is InChI=1S/C4H6F2/c1-2-3-4(5)6/h3H,2H2,1H3. The Kier molecular flexibility index (Phi) is 2.63. The van der Waals surface area contributed by atoms with Crippen molar-refractivity contribution in [1.82, 2.24) is 0 Å². The van der Waals surface area contributed by atoms with Gasteiger partial charge in [-0.2, -0.15) is 8.78 Å². The van der Waals surface area contributed by atoms with Crippen LogP contribution in [0.5, 0.6) is 0 Å². The molecule has 2 heteroatoms. The lowest BCUT2D eigenvalue weighted by Crippen LogP contribution is -1.53. The van der Waals surface area contributed by atoms with Gasteiger partial charge in [-0.15, -0.1) is 0 Å². The first-order chi connectivity index (χ1) is 2.77. The number of allylic oxidation sites excluding steroid dienone is 1. The lowest BCUT2D eigenvalue weighted by atomic mass is 10.5. The smallest absolute Gasteiger partial charge is 0.174 e. The minimum atomic E-state index is -1.59. The molecule has 0 fully saturated rings. The van der Waals surface area contributed by atoms with E-state index in [0.29, 0.717) is 6.42 Å². The van der Waals surface area contributed by atoms with Crippen molar-refractivity contribution < 1.29 is 8.78 Å². The third kappa shape index (κ3) is 3.60. The van der Waals surface area contributed by atoms with Gasteiger partial charge in [-0.25, -0.2) is 0 Å². The molecule has 0 atom stereocenters. The van der Waals surface area contributed by atoms with E-state index in [2.05, 4.69) is 0 Å². The van der Waals surface area contributed by atoms with E-state index in [1.807, 2.05) is 0 Å². The summed E-state index contributed by atoms with van der Waals surface area (Å²) >= 11 is 0. The Morgan fingerprint density at radius 1 is 1.67 bits per heavy atom. The van der Waals surface area contributed by atoms with Crippen LogP contribution < -0.4 is 0 Å². The molecule has 0 heterocycles. The number of rotatable bonds is 1. The molecule has 0 saturated carbocycles. The molecular weight excluding hydrogens is 86.0 g/mol. The van der Waals surface area contributed by atoms with Crippen molar-refractivity contribution in [2.24, 2.45) is 0 Å². The van der Waals surface area contributed by atoms with Crippen molar-refractivity contribution in [3.05, 3.63) is 12.2 Å². The maximum absolute atomic E-state index is 10.9. The van der Waals surface area contributed by atoms with Crippen LogP contribution in [-0.4, -0.2) is 0 Å². The SMILES string of the molecule is CCC=C(F)F. The van der Waals surface area contributed by atoms with Crippen molar-refractivity contribution in [3.8, 4) is 0 Å². The highest BCUT2D eigenvalue weighted by molar-refractivity contribution is 4.77. The molecule has 0 aromatic carbocycles. The van der Waals surface area contributed by atoms with Gasteiger partial charge in [0.05, 0.1) is 0 Å². The van der Waals surface area contributed by atoms with Gasteiger partial charge >= 0.3 is 0 Å². The number of hydrogen-bond acceptors (Lipinski definition) is 0. The maximum atomic E-state index is 10.9. The van der Waals surface area contributed by atoms with E-state index in [9.17, 15) is 8.78 Å². The molecule has 36 valence electrons. The third-order valence-corrected chi connectivity index (χ3v) is 0.358. The van der Waals surface area contributed by atoms with Crippen LogP contribution in [0.1, 0.15) is 13.3 Å². The molecule has 0 spiro atoms. The molecule has 0 aromatic heterocycles. The van der Waals surface area contributed by atoms with Crippen LogP contribution in [0.25, 0.3) is 0 Å². The molecule has 0 rings (SSSR count). The van der Waals surface area contributed by atoms with E-state index in [-0.39, 0.29) is 0 Å². The summed E-state index contributed by atoms with van der Waals surface area (Å²) in [7, 11) is 0. The summed E-state index contributed by atoms with van der Waals surface area (Å²) in [6.45, 7) is 1.67. The summed E-state index contributed by atoms with van der Waals surface area (Å²) in [6, 6.07) is 0. The number of hydrogen-bond donors (Lipinski definition) is 0. The molecule has 0 radical (unpaired) electrons. The topological polar surface area (TPSA) is 0 Å². The minimum Gasteiger partial charge on any atom is -0.174 e. The van der Waals surface area contributed by atoms with E-state index >= 15 is 0 Å². The van der Waals surface area contributed by atoms with Crippen molar-refractivity contribution in [1.29, 1.82) is 0 Å². The molecule has 0 bridgehead atoms. The van der Waals surface area contributed by atoms with Crippen LogP contribution >= 0.6 is 0 Å². The molecule has 0 aliphatic carbocycles. The zero-order chi connectivity index (χ0) is 4.99. The van der Waals surface area contributed by atoms with Crippen molar-refractivity contribution >= 4 is 0 Å². The van der Waals surface area contributed by atoms with Gasteiger partial charge in [-0.05, 0) is 12.5 Å². The van der Waals surface area contributed by atoms with Gasteiger partial charge in [0.25, 0.3) is 6.08 Å². The first-order valence-corrected chi connectivity index (χ1v) is 1.78. The quantitative estimate of drug-likeness (QED) is 0.465. The van der Waals surface area contributed by atoms with Gasteiger partial charge in [0.2, 0.25) is 0 Å². The van der Waals surface area contributed by atoms with E-state index in [4.69, 9.17) is 0 Å². The van der Waals surface area contributed by atoms with Crippen LogP contribution in [0.2, 0.25) is 0 Å². The second kappa shape index (κ2) is 2.82. The van der Waals surface area contributed by atoms with Crippen LogP contribution in [-0.2, 0) is 0 Å². The average molecular weight is 92.1 g/mol. The summed E-state index contributed by atoms with van der Waals surface area (Å²) in [5, 5.41) is 0. The van der Waals surface area contributed by atoms with E-state index in [0.717, 1.165) is 6.08 Å². The molecule has 6 heavy (non-hydrogen) atoms. The van der Waals surface area contributed by atoms with Crippen molar-refractivity contribution in [2.45, 2.75) is 13.3 Å². The molecule has 0 N–H and O–H groups in total. The highest BCUT2D eigenvalue weighted by atomic mass is 19.3. The zero-order valence-electron chi connectivity index (χ0n) is 3.54. The van der Waals surface area contributed by atoms with Gasteiger partial charge in [-0.3, -0.25) is 0 Å². The van der Waals surface area contributed by atoms with Gasteiger partial charge in [0, 0.05) is 0 Å². The lowest BCUT2D eigenvalue weighted by Gasteiger charge is -1.71. The third-order valence-electron chi connectivity index (χ3n) is 0.358. The highest BCUT2D eigenvalue weighted by Gasteiger charge is 1.78. The predicted octanol–water partition coefficient (Wildman–Crippen LogP) is 2.18. The zero-order valence-corrected chi connectivity index (χ0v) is 3.54.